The highest BCUT2D eigenvalue weighted by Crippen LogP contribution is 2.49. The van der Waals surface area contributed by atoms with Crippen LogP contribution in [-0.2, 0) is 9.53 Å². The maximum Gasteiger partial charge on any atom is 0.225 e. The van der Waals surface area contributed by atoms with Gasteiger partial charge in [0.1, 0.15) is 11.6 Å². The quantitative estimate of drug-likeness (QED) is 0.880. The molecule has 5 nitrogen and oxygen atoms in total. The van der Waals surface area contributed by atoms with E-state index in [0.29, 0.717) is 19.8 Å². The molecule has 3 fully saturated rings. The molecule has 1 aromatic rings. The number of nitrogens with zero attached hydrogens (tertiary/aromatic N) is 1. The van der Waals surface area contributed by atoms with Crippen LogP contribution in [0.4, 0.5) is 4.39 Å². The number of benzene rings is 1. The molecule has 2 saturated heterocycles. The molecule has 3 atom stereocenters. The smallest absolute Gasteiger partial charge is 0.225 e. The third kappa shape index (κ3) is 3.45. The van der Waals surface area contributed by atoms with Gasteiger partial charge in [-0.15, -0.1) is 0 Å². The van der Waals surface area contributed by atoms with Crippen LogP contribution in [0.1, 0.15) is 37.3 Å². The van der Waals surface area contributed by atoms with Crippen molar-refractivity contribution in [2.45, 2.75) is 37.8 Å². The summed E-state index contributed by atoms with van der Waals surface area (Å²) in [6, 6.07) is 5.07. The van der Waals surface area contributed by atoms with Gasteiger partial charge in [-0.05, 0) is 49.8 Å². The zero-order chi connectivity index (χ0) is 18.4. The first-order valence-electron chi connectivity index (χ1n) is 10.2. The fourth-order valence-corrected chi connectivity index (χ4v) is 4.94. The van der Waals surface area contributed by atoms with E-state index in [2.05, 4.69) is 10.2 Å². The Morgan fingerprint density at radius 2 is 2.04 bits per heavy atom. The van der Waals surface area contributed by atoms with Gasteiger partial charge >= 0.3 is 0 Å². The second-order valence-corrected chi connectivity index (χ2v) is 8.50. The van der Waals surface area contributed by atoms with Crippen LogP contribution in [-0.4, -0.2) is 49.8 Å². The van der Waals surface area contributed by atoms with Gasteiger partial charge in [0.25, 0.3) is 0 Å². The van der Waals surface area contributed by atoms with Crippen molar-refractivity contribution in [2.24, 2.45) is 17.8 Å². The fraction of sp³-hybridized carbons (Fsp3) is 0.667. The predicted octanol–water partition coefficient (Wildman–Crippen LogP) is 2.51. The molecule has 0 unspecified atom stereocenters. The van der Waals surface area contributed by atoms with Crippen molar-refractivity contribution in [3.05, 3.63) is 29.6 Å². The summed E-state index contributed by atoms with van der Waals surface area (Å²) in [7, 11) is 0. The summed E-state index contributed by atoms with van der Waals surface area (Å²) in [5.41, 5.74) is 0.910. The van der Waals surface area contributed by atoms with E-state index in [1.807, 2.05) is 0 Å². The average molecular weight is 374 g/mol. The summed E-state index contributed by atoms with van der Waals surface area (Å²) in [5.74, 6) is 1.36. The Hall–Kier alpha value is -1.66. The van der Waals surface area contributed by atoms with Crippen LogP contribution >= 0.6 is 0 Å². The Bertz CT molecular complexity index is 717. The van der Waals surface area contributed by atoms with E-state index in [9.17, 15) is 9.18 Å². The van der Waals surface area contributed by atoms with E-state index in [-0.39, 0.29) is 35.6 Å². The molecule has 0 aromatic heterocycles. The average Bonchev–Trinajstić information content (AvgIpc) is 3.41. The number of halogens is 1. The Morgan fingerprint density at radius 1 is 1.22 bits per heavy atom. The molecule has 3 heterocycles. The zero-order valence-corrected chi connectivity index (χ0v) is 15.5. The summed E-state index contributed by atoms with van der Waals surface area (Å²) in [6.45, 7) is 3.69. The molecule has 6 heteroatoms. The Balaban J connectivity index is 1.38. The first kappa shape index (κ1) is 17.4. The molecule has 3 aliphatic heterocycles. The van der Waals surface area contributed by atoms with Gasteiger partial charge in [-0.1, -0.05) is 0 Å². The number of hydrogen-bond acceptors (Lipinski definition) is 4. The van der Waals surface area contributed by atoms with E-state index in [4.69, 9.17) is 9.47 Å². The van der Waals surface area contributed by atoms with Crippen molar-refractivity contribution in [3.8, 4) is 5.75 Å². The number of carbonyl (C=O) groups is 1. The summed E-state index contributed by atoms with van der Waals surface area (Å²) < 4.78 is 25.3. The molecule has 1 aliphatic carbocycles. The van der Waals surface area contributed by atoms with E-state index in [0.717, 1.165) is 43.2 Å². The van der Waals surface area contributed by atoms with Gasteiger partial charge in [-0.25, -0.2) is 4.39 Å². The normalized spacial score (nSPS) is 31.1. The van der Waals surface area contributed by atoms with E-state index < -0.39 is 0 Å². The van der Waals surface area contributed by atoms with Crippen LogP contribution < -0.4 is 10.1 Å². The molecule has 27 heavy (non-hydrogen) atoms. The van der Waals surface area contributed by atoms with Crippen LogP contribution in [0.5, 0.6) is 5.75 Å². The minimum Gasteiger partial charge on any atom is -0.493 e. The van der Waals surface area contributed by atoms with Crippen LogP contribution in [0.15, 0.2) is 18.2 Å². The van der Waals surface area contributed by atoms with Gasteiger partial charge in [0.15, 0.2) is 0 Å². The number of ether oxygens (including phenoxy) is 2. The lowest BCUT2D eigenvalue weighted by Crippen LogP contribution is -2.45. The monoisotopic (exact) mass is 374 g/mol. The molecule has 1 aromatic carbocycles. The van der Waals surface area contributed by atoms with Crippen molar-refractivity contribution in [3.63, 3.8) is 0 Å². The highest BCUT2D eigenvalue weighted by atomic mass is 19.1. The molecule has 0 spiro atoms. The molecule has 1 N–H and O–H groups in total. The van der Waals surface area contributed by atoms with Crippen molar-refractivity contribution >= 4 is 5.91 Å². The lowest BCUT2D eigenvalue weighted by atomic mass is 9.84. The first-order valence-corrected chi connectivity index (χ1v) is 10.2. The lowest BCUT2D eigenvalue weighted by Gasteiger charge is -2.34. The molecular weight excluding hydrogens is 347 g/mol. The first-order chi connectivity index (χ1) is 13.2. The van der Waals surface area contributed by atoms with Crippen molar-refractivity contribution in [2.75, 3.05) is 32.9 Å². The number of amides is 1. The number of rotatable bonds is 4. The van der Waals surface area contributed by atoms with Crippen molar-refractivity contribution < 1.29 is 18.7 Å². The maximum atomic E-state index is 14.0. The van der Waals surface area contributed by atoms with Crippen molar-refractivity contribution in [1.29, 1.82) is 0 Å². The standard InChI is InChI=1S/C21H27FN2O3/c22-14-3-4-19-16(9-14)20-18(12-27-19)17(11-24(20)10-13-1-2-13)21(25)23-15-5-7-26-8-6-15/h3-4,9,13,15,17-18,20H,1-2,5-8,10-12H2,(H,23,25)/t17-,18+,20+/m1/s1. The number of nitrogens with one attached hydrogen (secondary N) is 1. The summed E-state index contributed by atoms with van der Waals surface area (Å²) in [4.78, 5) is 15.5. The minimum atomic E-state index is -0.237. The number of carbonyl (C=O) groups excluding carboxylic acids is 1. The van der Waals surface area contributed by atoms with Gasteiger partial charge < -0.3 is 14.8 Å². The summed E-state index contributed by atoms with van der Waals surface area (Å²) in [5, 5.41) is 3.24. The lowest BCUT2D eigenvalue weighted by molar-refractivity contribution is -0.127. The molecular formula is C21H27FN2O3. The summed E-state index contributed by atoms with van der Waals surface area (Å²) >= 11 is 0. The molecule has 4 aliphatic rings. The zero-order valence-electron chi connectivity index (χ0n) is 15.5. The van der Waals surface area contributed by atoms with E-state index in [1.165, 1.54) is 18.9 Å². The SMILES string of the molecule is O=C(NC1CCOCC1)[C@@H]1CN(CC2CC2)[C@H]2c3cc(F)ccc3OC[C@@H]12. The predicted molar refractivity (Wildman–Crippen MR) is 97.9 cm³/mol. The highest BCUT2D eigenvalue weighted by Gasteiger charge is 2.50. The van der Waals surface area contributed by atoms with Gasteiger partial charge in [-0.2, -0.15) is 0 Å². The van der Waals surface area contributed by atoms with Crippen LogP contribution in [0.3, 0.4) is 0 Å². The maximum absolute atomic E-state index is 14.0. The molecule has 1 amide bonds. The summed E-state index contributed by atoms with van der Waals surface area (Å²) in [6.07, 6.45) is 4.28. The largest absolute Gasteiger partial charge is 0.493 e. The third-order valence-electron chi connectivity index (χ3n) is 6.56. The van der Waals surface area contributed by atoms with Gasteiger partial charge in [0.05, 0.1) is 12.5 Å². The second kappa shape index (κ2) is 7.06. The molecule has 0 bridgehead atoms. The topological polar surface area (TPSA) is 50.8 Å². The Morgan fingerprint density at radius 3 is 2.81 bits per heavy atom. The molecule has 5 rings (SSSR count). The number of fused-ring (bicyclic) bond motifs is 3. The van der Waals surface area contributed by atoms with Gasteiger partial charge in [0, 0.05) is 49.9 Å². The fourth-order valence-electron chi connectivity index (χ4n) is 4.94. The Kier molecular flexibility index (Phi) is 4.56. The van der Waals surface area contributed by atoms with Crippen LogP contribution in [0.25, 0.3) is 0 Å². The number of hydrogen-bond donors (Lipinski definition) is 1. The molecule has 1 saturated carbocycles. The van der Waals surface area contributed by atoms with E-state index in [1.54, 1.807) is 12.1 Å². The third-order valence-corrected chi connectivity index (χ3v) is 6.56. The second-order valence-electron chi connectivity index (χ2n) is 8.50. The highest BCUT2D eigenvalue weighted by molar-refractivity contribution is 5.80. The van der Waals surface area contributed by atoms with Crippen molar-refractivity contribution in [1.82, 2.24) is 10.2 Å². The van der Waals surface area contributed by atoms with Crippen LogP contribution in [0.2, 0.25) is 0 Å². The van der Waals surface area contributed by atoms with Gasteiger partial charge in [0.2, 0.25) is 5.91 Å². The molecule has 146 valence electrons. The number of likely N-dealkylation sites (tertiary alicyclic amines) is 1. The van der Waals surface area contributed by atoms with Gasteiger partial charge in [-0.3, -0.25) is 9.69 Å². The minimum absolute atomic E-state index is 0.0792. The molecule has 0 radical (unpaired) electrons. The van der Waals surface area contributed by atoms with E-state index >= 15 is 0 Å². The van der Waals surface area contributed by atoms with Crippen LogP contribution in [0, 0.1) is 23.6 Å². The Labute approximate surface area is 159 Å².